The monoisotopic (exact) mass is 314 g/mol. The van der Waals surface area contributed by atoms with Gasteiger partial charge in [0.25, 0.3) is 0 Å². The lowest BCUT2D eigenvalue weighted by atomic mass is 10.3. The lowest BCUT2D eigenvalue weighted by Crippen LogP contribution is -2.02. The van der Waals surface area contributed by atoms with Crippen LogP contribution in [0.25, 0.3) is 11.0 Å². The Morgan fingerprint density at radius 1 is 1.26 bits per heavy atom. The molecule has 1 aromatic carbocycles. The molecule has 0 atom stereocenters. The van der Waals surface area contributed by atoms with Crippen molar-refractivity contribution < 1.29 is 4.39 Å². The highest BCUT2D eigenvalue weighted by molar-refractivity contribution is 7.16. The molecule has 6 heteroatoms. The van der Waals surface area contributed by atoms with Gasteiger partial charge in [0.15, 0.2) is 0 Å². The molecule has 0 fully saturated rings. The molecule has 98 valence electrons. The summed E-state index contributed by atoms with van der Waals surface area (Å²) in [6.45, 7) is 0.597. The number of fused-ring (bicyclic) bond motifs is 1. The Bertz CT molecular complexity index is 735. The molecular formula is C13H9Cl2FN2S. The van der Waals surface area contributed by atoms with E-state index >= 15 is 0 Å². The van der Waals surface area contributed by atoms with E-state index in [1.165, 1.54) is 23.5 Å². The number of hydrogen-bond acceptors (Lipinski definition) is 2. The molecule has 0 unspecified atom stereocenters. The number of rotatable bonds is 3. The summed E-state index contributed by atoms with van der Waals surface area (Å²) in [5.74, 6) is 0.737. The molecule has 3 aromatic rings. The van der Waals surface area contributed by atoms with Gasteiger partial charge in [-0.2, -0.15) is 0 Å². The number of alkyl halides is 1. The Kier molecular flexibility index (Phi) is 3.48. The third-order valence-electron chi connectivity index (χ3n) is 2.85. The normalized spacial score (nSPS) is 11.3. The molecule has 2 nitrogen and oxygen atoms in total. The number of nitrogens with zero attached hydrogens (tertiary/aromatic N) is 2. The minimum absolute atomic E-state index is 0.279. The maximum absolute atomic E-state index is 13.4. The van der Waals surface area contributed by atoms with Gasteiger partial charge >= 0.3 is 0 Å². The molecule has 0 aliphatic carbocycles. The largest absolute Gasteiger partial charge is 0.322 e. The van der Waals surface area contributed by atoms with Crippen LogP contribution in [0, 0.1) is 5.82 Å². The second-order valence-corrected chi connectivity index (χ2v) is 6.15. The third kappa shape index (κ3) is 2.48. The summed E-state index contributed by atoms with van der Waals surface area (Å²) in [7, 11) is 0. The van der Waals surface area contributed by atoms with Crippen LogP contribution in [0.15, 0.2) is 30.3 Å². The molecule has 2 heterocycles. The van der Waals surface area contributed by atoms with Gasteiger partial charge in [0.05, 0.1) is 27.8 Å². The van der Waals surface area contributed by atoms with Crippen LogP contribution in [0.5, 0.6) is 0 Å². The maximum Gasteiger partial charge on any atom is 0.125 e. The zero-order chi connectivity index (χ0) is 13.4. The Hall–Kier alpha value is -1.10. The Labute approximate surface area is 123 Å². The third-order valence-corrected chi connectivity index (χ3v) is 4.31. The number of hydrogen-bond donors (Lipinski definition) is 0. The smallest absolute Gasteiger partial charge is 0.125 e. The van der Waals surface area contributed by atoms with E-state index in [2.05, 4.69) is 4.98 Å². The summed E-state index contributed by atoms with van der Waals surface area (Å²) in [5.41, 5.74) is 1.50. The first-order valence-electron chi connectivity index (χ1n) is 5.62. The summed E-state index contributed by atoms with van der Waals surface area (Å²) >= 11 is 13.3. The van der Waals surface area contributed by atoms with Gasteiger partial charge in [-0.1, -0.05) is 11.6 Å². The first kappa shape index (κ1) is 12.9. The molecule has 3 rings (SSSR count). The molecule has 19 heavy (non-hydrogen) atoms. The second-order valence-electron chi connectivity index (χ2n) is 4.09. The van der Waals surface area contributed by atoms with E-state index in [-0.39, 0.29) is 11.7 Å². The standard InChI is InChI=1S/C13H9Cl2FN2S/c14-6-13-17-10-3-1-8(16)5-11(10)18(13)7-9-2-4-12(15)19-9/h1-5H,6-7H2. The molecule has 0 saturated carbocycles. The minimum Gasteiger partial charge on any atom is -0.322 e. The average molecular weight is 315 g/mol. The van der Waals surface area contributed by atoms with Crippen LogP contribution in [0.3, 0.4) is 0 Å². The Morgan fingerprint density at radius 3 is 2.79 bits per heavy atom. The van der Waals surface area contributed by atoms with Crippen molar-refractivity contribution in [2.75, 3.05) is 0 Å². The van der Waals surface area contributed by atoms with Crippen LogP contribution >= 0.6 is 34.5 Å². The second kappa shape index (κ2) is 5.12. The van der Waals surface area contributed by atoms with E-state index in [9.17, 15) is 4.39 Å². The Morgan fingerprint density at radius 2 is 2.11 bits per heavy atom. The zero-order valence-corrected chi connectivity index (χ0v) is 12.1. The molecule has 0 amide bonds. The van der Waals surface area contributed by atoms with Gasteiger partial charge in [-0.3, -0.25) is 0 Å². The predicted molar refractivity (Wildman–Crippen MR) is 77.7 cm³/mol. The number of benzene rings is 1. The van der Waals surface area contributed by atoms with Crippen LogP contribution in [-0.4, -0.2) is 9.55 Å². The molecule has 0 aliphatic heterocycles. The molecule has 0 saturated heterocycles. The fraction of sp³-hybridized carbons (Fsp3) is 0.154. The van der Waals surface area contributed by atoms with E-state index in [1.54, 1.807) is 6.07 Å². The highest BCUT2D eigenvalue weighted by atomic mass is 35.5. The van der Waals surface area contributed by atoms with Crippen molar-refractivity contribution >= 4 is 45.6 Å². The quantitative estimate of drug-likeness (QED) is 0.642. The van der Waals surface area contributed by atoms with Crippen molar-refractivity contribution in [3.8, 4) is 0 Å². The molecule has 0 aliphatic rings. The lowest BCUT2D eigenvalue weighted by Gasteiger charge is -2.05. The summed E-state index contributed by atoms with van der Waals surface area (Å²) in [6.07, 6.45) is 0. The first-order chi connectivity index (χ1) is 9.17. The molecule has 0 bridgehead atoms. The van der Waals surface area contributed by atoms with E-state index in [0.29, 0.717) is 6.54 Å². The highest BCUT2D eigenvalue weighted by Crippen LogP contribution is 2.25. The SMILES string of the molecule is Fc1ccc2nc(CCl)n(Cc3ccc(Cl)s3)c2c1. The van der Waals surface area contributed by atoms with Crippen molar-refractivity contribution in [1.29, 1.82) is 0 Å². The van der Waals surface area contributed by atoms with Crippen LogP contribution in [0.1, 0.15) is 10.7 Å². The van der Waals surface area contributed by atoms with Gasteiger partial charge in [0.1, 0.15) is 11.6 Å². The van der Waals surface area contributed by atoms with Crippen molar-refractivity contribution in [3.05, 3.63) is 51.2 Å². The van der Waals surface area contributed by atoms with Crippen molar-refractivity contribution in [1.82, 2.24) is 9.55 Å². The zero-order valence-electron chi connectivity index (χ0n) is 9.74. The maximum atomic E-state index is 13.4. The summed E-state index contributed by atoms with van der Waals surface area (Å²) in [6, 6.07) is 8.35. The molecule has 0 spiro atoms. The molecule has 0 N–H and O–H groups in total. The van der Waals surface area contributed by atoms with E-state index in [4.69, 9.17) is 23.2 Å². The molecule has 0 radical (unpaired) electrons. The molecule has 2 aromatic heterocycles. The average Bonchev–Trinajstić information content (AvgIpc) is 2.94. The summed E-state index contributed by atoms with van der Waals surface area (Å²) in [4.78, 5) is 5.49. The van der Waals surface area contributed by atoms with Crippen LogP contribution < -0.4 is 0 Å². The Balaban J connectivity index is 2.12. The van der Waals surface area contributed by atoms with Crippen molar-refractivity contribution in [2.45, 2.75) is 12.4 Å². The van der Waals surface area contributed by atoms with E-state index in [0.717, 1.165) is 26.1 Å². The van der Waals surface area contributed by atoms with Crippen LogP contribution in [-0.2, 0) is 12.4 Å². The van der Waals surface area contributed by atoms with Gasteiger partial charge in [0, 0.05) is 4.88 Å². The van der Waals surface area contributed by atoms with Crippen LogP contribution in [0.2, 0.25) is 4.34 Å². The fourth-order valence-electron chi connectivity index (χ4n) is 2.02. The van der Waals surface area contributed by atoms with Crippen LogP contribution in [0.4, 0.5) is 4.39 Å². The first-order valence-corrected chi connectivity index (χ1v) is 7.35. The predicted octanol–water partition coefficient (Wildman–Crippen LogP) is 4.68. The lowest BCUT2D eigenvalue weighted by molar-refractivity contribution is 0.628. The van der Waals surface area contributed by atoms with E-state index < -0.39 is 0 Å². The van der Waals surface area contributed by atoms with E-state index in [1.807, 2.05) is 16.7 Å². The fourth-order valence-corrected chi connectivity index (χ4v) is 3.30. The van der Waals surface area contributed by atoms with Gasteiger partial charge in [-0.25, -0.2) is 9.37 Å². The number of aromatic nitrogens is 2. The summed E-state index contributed by atoms with van der Waals surface area (Å²) in [5, 5.41) is 0. The van der Waals surface area contributed by atoms with Gasteiger partial charge in [0.2, 0.25) is 0 Å². The van der Waals surface area contributed by atoms with Crippen molar-refractivity contribution in [3.63, 3.8) is 0 Å². The molecular weight excluding hydrogens is 306 g/mol. The number of halogens is 3. The topological polar surface area (TPSA) is 17.8 Å². The number of thiophene rings is 1. The van der Waals surface area contributed by atoms with Gasteiger partial charge < -0.3 is 4.57 Å². The van der Waals surface area contributed by atoms with Crippen molar-refractivity contribution in [2.24, 2.45) is 0 Å². The van der Waals surface area contributed by atoms with Gasteiger partial charge in [-0.15, -0.1) is 22.9 Å². The highest BCUT2D eigenvalue weighted by Gasteiger charge is 2.12. The summed E-state index contributed by atoms with van der Waals surface area (Å²) < 4.78 is 16.0. The number of imidazole rings is 1. The minimum atomic E-state index is -0.279. The van der Waals surface area contributed by atoms with Gasteiger partial charge in [-0.05, 0) is 30.3 Å².